The van der Waals surface area contributed by atoms with Gasteiger partial charge in [0, 0.05) is 44.1 Å². The Hall–Kier alpha value is -8.80. The molecule has 304 valence electrons. The van der Waals surface area contributed by atoms with Crippen molar-refractivity contribution in [1.82, 2.24) is 24.5 Å². The van der Waals surface area contributed by atoms with Crippen LogP contribution in [0.1, 0.15) is 0 Å². The summed E-state index contributed by atoms with van der Waals surface area (Å²) in [7, 11) is 0. The van der Waals surface area contributed by atoms with Crippen molar-refractivity contribution in [3.63, 3.8) is 0 Å². The van der Waals surface area contributed by atoms with Crippen LogP contribution in [0.25, 0.3) is 117 Å². The van der Waals surface area contributed by atoms with Crippen LogP contribution in [-0.2, 0) is 0 Å². The van der Waals surface area contributed by atoms with Gasteiger partial charge in [0.15, 0.2) is 17.5 Å². The van der Waals surface area contributed by atoms with Crippen molar-refractivity contribution >= 4 is 32.7 Å². The number of aromatic nitrogens is 5. The molecule has 0 spiro atoms. The van der Waals surface area contributed by atoms with E-state index in [1.165, 1.54) is 16.5 Å². The molecule has 0 saturated carbocycles. The summed E-state index contributed by atoms with van der Waals surface area (Å²) >= 11 is 0. The lowest BCUT2D eigenvalue weighted by Crippen LogP contribution is -2.00. The number of nitrogens with zero attached hydrogens (tertiary/aromatic N) is 5. The highest BCUT2D eigenvalue weighted by Gasteiger charge is 2.21. The van der Waals surface area contributed by atoms with Crippen LogP contribution in [0, 0.1) is 0 Å². The lowest BCUT2D eigenvalue weighted by atomic mass is 9.98. The Morgan fingerprint density at radius 3 is 1.09 bits per heavy atom. The van der Waals surface area contributed by atoms with E-state index in [1.807, 2.05) is 12.1 Å². The zero-order valence-corrected chi connectivity index (χ0v) is 35.3. The van der Waals surface area contributed by atoms with Gasteiger partial charge in [0.25, 0.3) is 0 Å². The van der Waals surface area contributed by atoms with Gasteiger partial charge in [-0.1, -0.05) is 212 Å². The van der Waals surface area contributed by atoms with E-state index in [0.29, 0.717) is 17.5 Å². The van der Waals surface area contributed by atoms with Gasteiger partial charge in [-0.05, 0) is 57.6 Å². The van der Waals surface area contributed by atoms with Gasteiger partial charge in [0.05, 0.1) is 22.2 Å². The Balaban J connectivity index is 0.906. The first kappa shape index (κ1) is 37.9. The first-order valence-electron chi connectivity index (χ1n) is 21.9. The average molecular weight is 830 g/mol. The molecule has 0 radical (unpaired) electrons. The fourth-order valence-corrected chi connectivity index (χ4v) is 9.02. The monoisotopic (exact) mass is 829 g/mol. The highest BCUT2D eigenvalue weighted by Crippen LogP contribution is 2.41. The molecule has 0 aliphatic carbocycles. The molecule has 0 saturated heterocycles. The molecule has 0 unspecified atom stereocenters. The largest absolute Gasteiger partial charge is 0.308 e. The Morgan fingerprint density at radius 2 is 0.615 bits per heavy atom. The van der Waals surface area contributed by atoms with E-state index in [2.05, 4.69) is 229 Å². The third kappa shape index (κ3) is 7.02. The summed E-state index contributed by atoms with van der Waals surface area (Å²) in [4.78, 5) is 20.5. The second kappa shape index (κ2) is 16.2. The molecule has 5 nitrogen and oxygen atoms in total. The minimum atomic E-state index is 0.618. The predicted octanol–water partition coefficient (Wildman–Crippen LogP) is 15.2. The van der Waals surface area contributed by atoms with Crippen molar-refractivity contribution in [3.8, 4) is 84.5 Å². The molecule has 3 heterocycles. The molecule has 65 heavy (non-hydrogen) atoms. The molecule has 0 amide bonds. The standard InChI is InChI=1S/C60H39N5/c1-4-14-40(15-5-1)42-26-34-47(35-27-42)58-62-59(48-36-28-43(29-37-48)41-16-6-2-7-17-41)64-60(63-58)49-38-30-45(31-39-49)44-24-32-46(33-25-44)56-55-52-21-11-13-23-54(52)65(50-18-8-3-9-19-50)57(55)51-20-10-12-22-53(51)61-56/h1-39H. The fourth-order valence-electron chi connectivity index (χ4n) is 9.02. The summed E-state index contributed by atoms with van der Waals surface area (Å²) in [5.74, 6) is 1.87. The predicted molar refractivity (Wildman–Crippen MR) is 268 cm³/mol. The number of para-hydroxylation sites is 3. The molecule has 0 aliphatic heterocycles. The van der Waals surface area contributed by atoms with Crippen molar-refractivity contribution < 1.29 is 0 Å². The Bertz CT molecular complexity index is 3540. The van der Waals surface area contributed by atoms with Gasteiger partial charge in [-0.25, -0.2) is 19.9 Å². The number of pyridine rings is 1. The minimum absolute atomic E-state index is 0.618. The molecule has 0 aliphatic rings. The molecule has 0 atom stereocenters. The van der Waals surface area contributed by atoms with Gasteiger partial charge >= 0.3 is 0 Å². The maximum Gasteiger partial charge on any atom is 0.164 e. The van der Waals surface area contributed by atoms with E-state index in [4.69, 9.17) is 19.9 Å². The van der Waals surface area contributed by atoms with Crippen LogP contribution in [0.3, 0.4) is 0 Å². The van der Waals surface area contributed by atoms with Crippen LogP contribution in [0.5, 0.6) is 0 Å². The first-order chi connectivity index (χ1) is 32.2. The van der Waals surface area contributed by atoms with Gasteiger partial charge in [-0.15, -0.1) is 0 Å². The van der Waals surface area contributed by atoms with Gasteiger partial charge < -0.3 is 4.57 Å². The Labute approximate surface area is 376 Å². The number of rotatable bonds is 8. The zero-order chi connectivity index (χ0) is 43.1. The molecular weight excluding hydrogens is 791 g/mol. The van der Waals surface area contributed by atoms with Crippen molar-refractivity contribution in [2.45, 2.75) is 0 Å². The smallest absolute Gasteiger partial charge is 0.164 e. The molecule has 12 aromatic rings. The summed E-state index contributed by atoms with van der Waals surface area (Å²) in [6.07, 6.45) is 0. The summed E-state index contributed by atoms with van der Waals surface area (Å²) in [6, 6.07) is 82.7. The van der Waals surface area contributed by atoms with Crippen LogP contribution < -0.4 is 0 Å². The van der Waals surface area contributed by atoms with Gasteiger partial charge in [0.1, 0.15) is 0 Å². The summed E-state index contributed by atoms with van der Waals surface area (Å²) in [5, 5.41) is 3.45. The van der Waals surface area contributed by atoms with E-state index in [-0.39, 0.29) is 0 Å². The molecular formula is C60H39N5. The lowest BCUT2D eigenvalue weighted by Gasteiger charge is -2.12. The van der Waals surface area contributed by atoms with Crippen molar-refractivity contribution in [1.29, 1.82) is 0 Å². The molecule has 5 heteroatoms. The van der Waals surface area contributed by atoms with Crippen LogP contribution in [-0.4, -0.2) is 24.5 Å². The van der Waals surface area contributed by atoms with E-state index in [0.717, 1.165) is 83.2 Å². The maximum absolute atomic E-state index is 5.34. The Kier molecular flexibility index (Phi) is 9.42. The summed E-state index contributed by atoms with van der Waals surface area (Å²) in [5.41, 5.74) is 16.0. The van der Waals surface area contributed by atoms with E-state index in [1.54, 1.807) is 0 Å². The number of hydrogen-bond acceptors (Lipinski definition) is 4. The fraction of sp³-hybridized carbons (Fsp3) is 0. The highest BCUT2D eigenvalue weighted by molar-refractivity contribution is 6.22. The molecule has 12 rings (SSSR count). The SMILES string of the molecule is c1ccc(-c2ccc(-c3nc(-c4ccc(-c5ccccc5)cc4)nc(-c4ccc(-c5ccc(-c6nc7ccccc7c7c6c6ccccc6n7-c6ccccc6)cc5)cc4)n3)cc2)cc1. The van der Waals surface area contributed by atoms with Gasteiger partial charge in [-0.3, -0.25) is 0 Å². The van der Waals surface area contributed by atoms with Crippen LogP contribution in [0.15, 0.2) is 237 Å². The second-order valence-electron chi connectivity index (χ2n) is 16.2. The molecule has 3 aromatic heterocycles. The van der Waals surface area contributed by atoms with Crippen LogP contribution >= 0.6 is 0 Å². The highest BCUT2D eigenvalue weighted by atomic mass is 15.0. The van der Waals surface area contributed by atoms with Crippen molar-refractivity contribution in [2.24, 2.45) is 0 Å². The van der Waals surface area contributed by atoms with Crippen LogP contribution in [0.2, 0.25) is 0 Å². The van der Waals surface area contributed by atoms with Gasteiger partial charge in [-0.2, -0.15) is 0 Å². The average Bonchev–Trinajstić information content (AvgIpc) is 3.75. The number of fused-ring (bicyclic) bond motifs is 5. The third-order valence-electron chi connectivity index (χ3n) is 12.3. The topological polar surface area (TPSA) is 56.5 Å². The summed E-state index contributed by atoms with van der Waals surface area (Å²) < 4.78 is 2.38. The van der Waals surface area contributed by atoms with Crippen LogP contribution in [0.4, 0.5) is 0 Å². The number of hydrogen-bond donors (Lipinski definition) is 0. The molecule has 0 bridgehead atoms. The molecule has 9 aromatic carbocycles. The molecule has 0 fully saturated rings. The van der Waals surface area contributed by atoms with Crippen molar-refractivity contribution in [3.05, 3.63) is 237 Å². The lowest BCUT2D eigenvalue weighted by molar-refractivity contribution is 1.07. The van der Waals surface area contributed by atoms with E-state index in [9.17, 15) is 0 Å². The van der Waals surface area contributed by atoms with Gasteiger partial charge in [0.2, 0.25) is 0 Å². The third-order valence-corrected chi connectivity index (χ3v) is 12.3. The van der Waals surface area contributed by atoms with Crippen molar-refractivity contribution in [2.75, 3.05) is 0 Å². The molecule has 0 N–H and O–H groups in total. The van der Waals surface area contributed by atoms with E-state index >= 15 is 0 Å². The minimum Gasteiger partial charge on any atom is -0.308 e. The second-order valence-corrected chi connectivity index (χ2v) is 16.2. The zero-order valence-electron chi connectivity index (χ0n) is 35.3. The Morgan fingerprint density at radius 1 is 0.262 bits per heavy atom. The van der Waals surface area contributed by atoms with E-state index < -0.39 is 0 Å². The first-order valence-corrected chi connectivity index (χ1v) is 21.9. The quantitative estimate of drug-likeness (QED) is 0.153. The number of benzene rings is 9. The normalized spacial score (nSPS) is 11.4. The maximum atomic E-state index is 5.34. The summed E-state index contributed by atoms with van der Waals surface area (Å²) in [6.45, 7) is 0.